The quantitative estimate of drug-likeness (QED) is 0.594. The van der Waals surface area contributed by atoms with Gasteiger partial charge in [-0.25, -0.2) is 4.98 Å². The van der Waals surface area contributed by atoms with Crippen LogP contribution in [0.2, 0.25) is 0 Å². The first kappa shape index (κ1) is 14.6. The predicted octanol–water partition coefficient (Wildman–Crippen LogP) is 3.00. The average molecular weight is 337 g/mol. The summed E-state index contributed by atoms with van der Waals surface area (Å²) in [5.74, 6) is 0.838. The van der Waals surface area contributed by atoms with E-state index in [9.17, 15) is 0 Å². The normalized spacial score (nSPS) is 12.4. The van der Waals surface area contributed by atoms with E-state index in [2.05, 4.69) is 25.6 Å². The Balaban J connectivity index is 1.75. The molecule has 0 bridgehead atoms. The highest BCUT2D eigenvalue weighted by Crippen LogP contribution is 2.26. The summed E-state index contributed by atoms with van der Waals surface area (Å²) < 4.78 is 1.77. The largest absolute Gasteiger partial charge is 0.374 e. The van der Waals surface area contributed by atoms with Crippen molar-refractivity contribution in [1.82, 2.24) is 24.8 Å². The number of aromatic nitrogens is 5. The fourth-order valence-corrected chi connectivity index (χ4v) is 3.09. The molecule has 0 aliphatic heterocycles. The Morgan fingerprint density at radius 2 is 2.00 bits per heavy atom. The maximum atomic E-state index is 5.67. The summed E-state index contributed by atoms with van der Waals surface area (Å²) in [4.78, 5) is 4.67. The number of fused-ring (bicyclic) bond motifs is 1. The fourth-order valence-electron chi connectivity index (χ4n) is 2.48. The van der Waals surface area contributed by atoms with E-state index in [-0.39, 0.29) is 6.04 Å². The monoisotopic (exact) mass is 337 g/mol. The van der Waals surface area contributed by atoms with Crippen molar-refractivity contribution in [2.24, 2.45) is 0 Å². The van der Waals surface area contributed by atoms with Gasteiger partial charge < -0.3 is 11.1 Å². The molecule has 120 valence electrons. The lowest BCUT2D eigenvalue weighted by atomic mass is 10.1. The molecule has 8 heteroatoms. The Morgan fingerprint density at radius 1 is 1.17 bits per heavy atom. The van der Waals surface area contributed by atoms with Crippen LogP contribution in [-0.4, -0.2) is 24.8 Å². The Bertz CT molecular complexity index is 976. The topological polar surface area (TPSA) is 94.0 Å². The summed E-state index contributed by atoms with van der Waals surface area (Å²) in [5.41, 5.74) is 8.39. The molecule has 3 heterocycles. The van der Waals surface area contributed by atoms with Gasteiger partial charge in [0.25, 0.3) is 0 Å². The van der Waals surface area contributed by atoms with Crippen molar-refractivity contribution in [3.8, 4) is 11.3 Å². The zero-order valence-electron chi connectivity index (χ0n) is 12.9. The molecule has 0 amide bonds. The number of rotatable bonds is 4. The Kier molecular flexibility index (Phi) is 3.58. The summed E-state index contributed by atoms with van der Waals surface area (Å²) in [6.07, 6.45) is 1.73. The molecule has 7 nitrogen and oxygen atoms in total. The number of nitrogens with two attached hydrogens (primary N) is 1. The summed E-state index contributed by atoms with van der Waals surface area (Å²) in [7, 11) is 0. The van der Waals surface area contributed by atoms with E-state index in [0.717, 1.165) is 27.7 Å². The third-order valence-electron chi connectivity index (χ3n) is 3.62. The van der Waals surface area contributed by atoms with Crippen molar-refractivity contribution in [2.45, 2.75) is 13.0 Å². The first-order valence-electron chi connectivity index (χ1n) is 7.46. The van der Waals surface area contributed by atoms with Gasteiger partial charge in [-0.3, -0.25) is 0 Å². The summed E-state index contributed by atoms with van der Waals surface area (Å²) in [5, 5.41) is 17.0. The lowest BCUT2D eigenvalue weighted by molar-refractivity contribution is 0.814. The number of nitrogens with one attached hydrogen (secondary N) is 1. The van der Waals surface area contributed by atoms with Gasteiger partial charge in [-0.2, -0.15) is 9.61 Å². The second-order valence-electron chi connectivity index (χ2n) is 5.34. The van der Waals surface area contributed by atoms with Gasteiger partial charge in [0.2, 0.25) is 5.13 Å². The van der Waals surface area contributed by atoms with Crippen LogP contribution in [0.3, 0.4) is 0 Å². The Hall–Kier alpha value is -3.00. The summed E-state index contributed by atoms with van der Waals surface area (Å²) in [6, 6.07) is 13.9. The smallest absolute Gasteiger partial charge is 0.203 e. The molecular weight excluding hydrogens is 322 g/mol. The Labute approximate surface area is 142 Å². The van der Waals surface area contributed by atoms with E-state index in [4.69, 9.17) is 5.73 Å². The lowest BCUT2D eigenvalue weighted by Gasteiger charge is -2.14. The van der Waals surface area contributed by atoms with Crippen LogP contribution in [0.4, 0.5) is 10.9 Å². The van der Waals surface area contributed by atoms with Crippen LogP contribution in [-0.2, 0) is 0 Å². The molecule has 0 spiro atoms. The van der Waals surface area contributed by atoms with Crippen LogP contribution in [0, 0.1) is 0 Å². The van der Waals surface area contributed by atoms with Gasteiger partial charge in [0.1, 0.15) is 10.8 Å². The molecule has 0 aliphatic rings. The minimum absolute atomic E-state index is 0.0433. The molecule has 0 aliphatic carbocycles. The second-order valence-corrected chi connectivity index (χ2v) is 6.38. The van der Waals surface area contributed by atoms with E-state index in [1.165, 1.54) is 11.3 Å². The number of nitrogens with zero attached hydrogens (tertiary/aromatic N) is 5. The molecule has 0 unspecified atom stereocenters. The van der Waals surface area contributed by atoms with Crippen molar-refractivity contribution in [3.63, 3.8) is 0 Å². The zero-order valence-corrected chi connectivity index (χ0v) is 13.7. The van der Waals surface area contributed by atoms with Crippen LogP contribution in [0.25, 0.3) is 16.9 Å². The lowest BCUT2D eigenvalue weighted by Crippen LogP contribution is -2.11. The molecule has 0 saturated heterocycles. The van der Waals surface area contributed by atoms with Crippen LogP contribution in [0.1, 0.15) is 18.0 Å². The van der Waals surface area contributed by atoms with Gasteiger partial charge in [-0.15, -0.1) is 10.2 Å². The molecular formula is C16H15N7S. The molecule has 3 N–H and O–H groups in total. The van der Waals surface area contributed by atoms with Gasteiger partial charge >= 0.3 is 0 Å². The van der Waals surface area contributed by atoms with Crippen molar-refractivity contribution in [3.05, 3.63) is 53.7 Å². The third kappa shape index (κ3) is 2.67. The van der Waals surface area contributed by atoms with E-state index < -0.39 is 0 Å². The number of hydrogen-bond donors (Lipinski definition) is 2. The minimum Gasteiger partial charge on any atom is -0.374 e. The van der Waals surface area contributed by atoms with Crippen molar-refractivity contribution in [2.75, 3.05) is 11.1 Å². The van der Waals surface area contributed by atoms with E-state index in [1.807, 2.05) is 49.4 Å². The number of benzene rings is 1. The highest BCUT2D eigenvalue weighted by molar-refractivity contribution is 7.15. The van der Waals surface area contributed by atoms with Crippen LogP contribution < -0.4 is 11.1 Å². The van der Waals surface area contributed by atoms with Crippen molar-refractivity contribution < 1.29 is 0 Å². The number of hydrogen-bond acceptors (Lipinski definition) is 7. The van der Waals surface area contributed by atoms with Gasteiger partial charge in [0, 0.05) is 17.7 Å². The maximum Gasteiger partial charge on any atom is 0.203 e. The standard InChI is InChI=1S/C16H15N7S/c1-10(15-21-22-16(17)24-15)19-14-9-12(11-5-3-2-4-6-11)20-13-7-8-18-23(13)14/h2-10,19H,1H3,(H2,17,22)/t10-/m0/s1. The van der Waals surface area contributed by atoms with Crippen LogP contribution >= 0.6 is 11.3 Å². The molecule has 0 saturated carbocycles. The highest BCUT2D eigenvalue weighted by atomic mass is 32.1. The SMILES string of the molecule is C[C@H](Nc1cc(-c2ccccc2)nc2ccnn12)c1nnc(N)s1. The number of nitrogen functional groups attached to an aromatic ring is 1. The molecule has 1 aromatic carbocycles. The molecule has 4 aromatic rings. The van der Waals surface area contributed by atoms with E-state index in [1.54, 1.807) is 10.7 Å². The van der Waals surface area contributed by atoms with Gasteiger partial charge in [-0.05, 0) is 6.92 Å². The van der Waals surface area contributed by atoms with Crippen LogP contribution in [0.5, 0.6) is 0 Å². The van der Waals surface area contributed by atoms with E-state index >= 15 is 0 Å². The van der Waals surface area contributed by atoms with Crippen LogP contribution in [0.15, 0.2) is 48.7 Å². The molecule has 0 radical (unpaired) electrons. The summed E-state index contributed by atoms with van der Waals surface area (Å²) in [6.45, 7) is 2.01. The molecule has 3 aromatic heterocycles. The first-order chi connectivity index (χ1) is 11.7. The van der Waals surface area contributed by atoms with Gasteiger partial charge in [-0.1, -0.05) is 41.7 Å². The maximum absolute atomic E-state index is 5.67. The minimum atomic E-state index is -0.0433. The fraction of sp³-hybridized carbons (Fsp3) is 0.125. The third-order valence-corrected chi connectivity index (χ3v) is 4.56. The predicted molar refractivity (Wildman–Crippen MR) is 94.8 cm³/mol. The molecule has 1 atom stereocenters. The zero-order chi connectivity index (χ0) is 16.5. The molecule has 24 heavy (non-hydrogen) atoms. The summed E-state index contributed by atoms with van der Waals surface area (Å²) >= 11 is 1.37. The second kappa shape index (κ2) is 5.89. The highest BCUT2D eigenvalue weighted by Gasteiger charge is 2.14. The average Bonchev–Trinajstić information content (AvgIpc) is 3.24. The van der Waals surface area contributed by atoms with E-state index in [0.29, 0.717) is 5.13 Å². The first-order valence-corrected chi connectivity index (χ1v) is 8.28. The Morgan fingerprint density at radius 3 is 2.75 bits per heavy atom. The van der Waals surface area contributed by atoms with Gasteiger partial charge in [0.15, 0.2) is 5.65 Å². The van der Waals surface area contributed by atoms with Crippen molar-refractivity contribution >= 4 is 27.9 Å². The van der Waals surface area contributed by atoms with Gasteiger partial charge in [0.05, 0.1) is 17.9 Å². The number of anilines is 2. The van der Waals surface area contributed by atoms with Crippen molar-refractivity contribution in [1.29, 1.82) is 0 Å². The molecule has 0 fully saturated rings. The molecule has 4 rings (SSSR count).